The normalized spacial score (nSPS) is 15.7. The van der Waals surface area contributed by atoms with Gasteiger partial charge in [0.2, 0.25) is 0 Å². The number of rotatable bonds is 3. The van der Waals surface area contributed by atoms with Crippen LogP contribution in [-0.2, 0) is 0 Å². The first-order valence-electron chi connectivity index (χ1n) is 7.53. The fourth-order valence-corrected chi connectivity index (χ4v) is 3.57. The number of hydrogen-bond acceptors (Lipinski definition) is 5. The second-order valence-corrected chi connectivity index (χ2v) is 6.73. The molecule has 0 saturated carbocycles. The van der Waals surface area contributed by atoms with E-state index in [4.69, 9.17) is 4.74 Å². The van der Waals surface area contributed by atoms with Gasteiger partial charge in [-0.05, 0) is 42.9 Å². The third-order valence-electron chi connectivity index (χ3n) is 4.07. The van der Waals surface area contributed by atoms with Crippen LogP contribution in [-0.4, -0.2) is 61.2 Å². The molecule has 1 aliphatic rings. The van der Waals surface area contributed by atoms with E-state index >= 15 is 0 Å². The average molecular weight is 332 g/mol. The van der Waals surface area contributed by atoms with Gasteiger partial charge in [-0.2, -0.15) is 0 Å². The second kappa shape index (κ2) is 6.60. The number of hydrogen-bond donors (Lipinski definition) is 1. The van der Waals surface area contributed by atoms with Crippen LogP contribution in [0.1, 0.15) is 9.67 Å². The van der Waals surface area contributed by atoms with Crippen LogP contribution in [0.3, 0.4) is 0 Å². The zero-order chi connectivity index (χ0) is 16.4. The van der Waals surface area contributed by atoms with Crippen LogP contribution < -0.4 is 4.74 Å². The molecule has 1 fully saturated rings. The third kappa shape index (κ3) is 3.33. The number of aromatic hydroxyl groups is 1. The number of amides is 1. The number of ether oxygens (including phenoxy) is 1. The van der Waals surface area contributed by atoms with E-state index in [2.05, 4.69) is 11.9 Å². The smallest absolute Gasteiger partial charge is 0.264 e. The number of carbonyl (C=O) groups is 1. The van der Waals surface area contributed by atoms with Gasteiger partial charge in [0.1, 0.15) is 0 Å². The number of carbonyl (C=O) groups excluding carboxylic acids is 1. The van der Waals surface area contributed by atoms with E-state index in [0.29, 0.717) is 5.75 Å². The molecule has 1 aromatic heterocycles. The van der Waals surface area contributed by atoms with Crippen molar-refractivity contribution in [3.8, 4) is 21.9 Å². The Morgan fingerprint density at radius 3 is 2.61 bits per heavy atom. The minimum absolute atomic E-state index is 0.0973. The van der Waals surface area contributed by atoms with Crippen LogP contribution in [0.4, 0.5) is 0 Å². The molecule has 5 nitrogen and oxygen atoms in total. The van der Waals surface area contributed by atoms with E-state index in [1.165, 1.54) is 18.4 Å². The largest absolute Gasteiger partial charge is 0.504 e. The topological polar surface area (TPSA) is 53.0 Å². The summed E-state index contributed by atoms with van der Waals surface area (Å²) in [6.45, 7) is 3.38. The van der Waals surface area contributed by atoms with Gasteiger partial charge in [0.15, 0.2) is 11.5 Å². The lowest BCUT2D eigenvalue weighted by Crippen LogP contribution is -2.46. The molecule has 1 amide bonds. The van der Waals surface area contributed by atoms with E-state index in [9.17, 15) is 9.90 Å². The van der Waals surface area contributed by atoms with Gasteiger partial charge in [0.25, 0.3) is 5.91 Å². The summed E-state index contributed by atoms with van der Waals surface area (Å²) < 4.78 is 5.14. The number of methoxy groups -OCH3 is 1. The molecule has 0 spiro atoms. The molecular weight excluding hydrogens is 312 g/mol. The van der Waals surface area contributed by atoms with Crippen LogP contribution >= 0.6 is 11.3 Å². The van der Waals surface area contributed by atoms with Crippen LogP contribution in [0.5, 0.6) is 11.5 Å². The fourth-order valence-electron chi connectivity index (χ4n) is 2.60. The van der Waals surface area contributed by atoms with E-state index in [1.54, 1.807) is 12.1 Å². The molecule has 0 aliphatic carbocycles. The van der Waals surface area contributed by atoms with Gasteiger partial charge in [-0.15, -0.1) is 11.3 Å². The number of piperazine rings is 1. The van der Waals surface area contributed by atoms with Crippen LogP contribution in [0, 0.1) is 0 Å². The molecule has 1 aromatic carbocycles. The first-order chi connectivity index (χ1) is 11.1. The molecule has 2 heterocycles. The molecule has 1 saturated heterocycles. The predicted octanol–water partition coefficient (Wildman–Crippen LogP) is 2.52. The van der Waals surface area contributed by atoms with Crippen LogP contribution in [0.25, 0.3) is 10.4 Å². The highest BCUT2D eigenvalue weighted by Crippen LogP contribution is 2.35. The Bertz CT molecular complexity index is 706. The quantitative estimate of drug-likeness (QED) is 0.938. The Morgan fingerprint density at radius 1 is 1.17 bits per heavy atom. The fraction of sp³-hybridized carbons (Fsp3) is 0.353. The lowest BCUT2D eigenvalue weighted by atomic mass is 10.1. The highest BCUT2D eigenvalue weighted by Gasteiger charge is 2.21. The first kappa shape index (κ1) is 15.8. The molecule has 2 aromatic rings. The van der Waals surface area contributed by atoms with Crippen molar-refractivity contribution >= 4 is 17.2 Å². The highest BCUT2D eigenvalue weighted by atomic mass is 32.1. The zero-order valence-corrected chi connectivity index (χ0v) is 14.1. The summed E-state index contributed by atoms with van der Waals surface area (Å²) in [4.78, 5) is 18.5. The second-order valence-electron chi connectivity index (χ2n) is 5.65. The van der Waals surface area contributed by atoms with Gasteiger partial charge in [-0.3, -0.25) is 4.79 Å². The van der Waals surface area contributed by atoms with Crippen molar-refractivity contribution in [3.63, 3.8) is 0 Å². The molecular formula is C17H20N2O3S. The Balaban J connectivity index is 1.79. The number of likely N-dealkylation sites (N-methyl/N-ethyl adjacent to an activating group) is 1. The lowest BCUT2D eigenvalue weighted by Gasteiger charge is -2.32. The Hall–Kier alpha value is -2.05. The van der Waals surface area contributed by atoms with E-state index in [0.717, 1.165) is 41.5 Å². The first-order valence-corrected chi connectivity index (χ1v) is 8.35. The summed E-state index contributed by atoms with van der Waals surface area (Å²) in [5.74, 6) is 0.643. The van der Waals surface area contributed by atoms with Crippen LogP contribution in [0.15, 0.2) is 30.3 Å². The molecule has 6 heteroatoms. The molecule has 0 bridgehead atoms. The lowest BCUT2D eigenvalue weighted by molar-refractivity contribution is 0.0669. The predicted molar refractivity (Wildman–Crippen MR) is 91.4 cm³/mol. The van der Waals surface area contributed by atoms with Crippen molar-refractivity contribution in [2.24, 2.45) is 0 Å². The monoisotopic (exact) mass is 332 g/mol. The minimum atomic E-state index is 0.0973. The van der Waals surface area contributed by atoms with Crippen molar-refractivity contribution in [3.05, 3.63) is 35.2 Å². The van der Waals surface area contributed by atoms with Crippen molar-refractivity contribution in [2.75, 3.05) is 40.3 Å². The van der Waals surface area contributed by atoms with Crippen molar-refractivity contribution in [1.82, 2.24) is 9.80 Å². The van der Waals surface area contributed by atoms with E-state index in [1.807, 2.05) is 23.1 Å². The highest BCUT2D eigenvalue weighted by molar-refractivity contribution is 7.17. The summed E-state index contributed by atoms with van der Waals surface area (Å²) in [5.41, 5.74) is 0.932. The maximum Gasteiger partial charge on any atom is 0.264 e. The van der Waals surface area contributed by atoms with E-state index < -0.39 is 0 Å². The molecule has 1 aliphatic heterocycles. The Morgan fingerprint density at radius 2 is 1.91 bits per heavy atom. The zero-order valence-electron chi connectivity index (χ0n) is 13.3. The number of phenolic OH excluding ortho intramolecular Hbond substituents is 1. The van der Waals surface area contributed by atoms with Gasteiger partial charge in [0, 0.05) is 31.1 Å². The van der Waals surface area contributed by atoms with Crippen LogP contribution in [0.2, 0.25) is 0 Å². The summed E-state index contributed by atoms with van der Waals surface area (Å²) in [7, 11) is 3.60. The molecule has 0 unspecified atom stereocenters. The maximum absolute atomic E-state index is 12.6. The molecule has 0 atom stereocenters. The van der Waals surface area contributed by atoms with Gasteiger partial charge in [-0.25, -0.2) is 0 Å². The summed E-state index contributed by atoms with van der Waals surface area (Å²) in [6.07, 6.45) is 0. The maximum atomic E-state index is 12.6. The van der Waals surface area contributed by atoms with Gasteiger partial charge in [0.05, 0.1) is 12.0 Å². The Kier molecular flexibility index (Phi) is 4.54. The molecule has 23 heavy (non-hydrogen) atoms. The number of thiophene rings is 1. The van der Waals surface area contributed by atoms with Gasteiger partial charge < -0.3 is 19.6 Å². The van der Waals surface area contributed by atoms with Crippen molar-refractivity contribution in [2.45, 2.75) is 0 Å². The van der Waals surface area contributed by atoms with E-state index in [-0.39, 0.29) is 11.7 Å². The Labute approximate surface area is 139 Å². The molecule has 3 rings (SSSR count). The number of nitrogens with zero attached hydrogens (tertiary/aromatic N) is 2. The van der Waals surface area contributed by atoms with Crippen molar-refractivity contribution < 1.29 is 14.6 Å². The summed E-state index contributed by atoms with van der Waals surface area (Å²) in [5, 5.41) is 9.68. The molecule has 0 radical (unpaired) electrons. The standard InChI is InChI=1S/C17H20N2O3S/c1-18-7-9-19(10-8-18)17(21)16-6-5-15(23-16)12-3-4-13(20)14(11-12)22-2/h3-6,11,20H,7-10H2,1-2H3. The molecule has 122 valence electrons. The van der Waals surface area contributed by atoms with Crippen molar-refractivity contribution in [1.29, 1.82) is 0 Å². The third-order valence-corrected chi connectivity index (χ3v) is 5.19. The number of benzene rings is 1. The summed E-state index contributed by atoms with van der Waals surface area (Å²) in [6, 6.07) is 9.04. The molecule has 1 N–H and O–H groups in total. The van der Waals surface area contributed by atoms with Gasteiger partial charge in [-0.1, -0.05) is 0 Å². The SMILES string of the molecule is COc1cc(-c2ccc(C(=O)N3CCN(C)CC3)s2)ccc1O. The van der Waals surface area contributed by atoms with Gasteiger partial charge >= 0.3 is 0 Å². The average Bonchev–Trinajstić information content (AvgIpc) is 3.05. The minimum Gasteiger partial charge on any atom is -0.504 e. The summed E-state index contributed by atoms with van der Waals surface area (Å²) >= 11 is 1.47. The number of phenols is 1.